The van der Waals surface area contributed by atoms with E-state index in [2.05, 4.69) is 5.32 Å². The van der Waals surface area contributed by atoms with Crippen molar-refractivity contribution in [2.24, 2.45) is 0 Å². The summed E-state index contributed by atoms with van der Waals surface area (Å²) in [5, 5.41) is 13.9. The Hall–Kier alpha value is -3.34. The normalized spacial score (nSPS) is 16.2. The second kappa shape index (κ2) is 9.43. The Morgan fingerprint density at radius 3 is 2.59 bits per heavy atom. The molecule has 1 aliphatic rings. The van der Waals surface area contributed by atoms with Gasteiger partial charge in [-0.3, -0.25) is 19.2 Å². The van der Waals surface area contributed by atoms with Crippen molar-refractivity contribution in [2.75, 3.05) is 23.7 Å². The first kappa shape index (κ1) is 23.3. The van der Waals surface area contributed by atoms with Gasteiger partial charge in [0.2, 0.25) is 15.9 Å². The Bertz CT molecular complexity index is 1120. The van der Waals surface area contributed by atoms with Crippen molar-refractivity contribution in [1.29, 1.82) is 0 Å². The highest BCUT2D eigenvalue weighted by Crippen LogP contribution is 2.31. The van der Waals surface area contributed by atoms with E-state index in [1.807, 2.05) is 12.1 Å². The summed E-state index contributed by atoms with van der Waals surface area (Å²) in [6.45, 7) is 3.64. The highest BCUT2D eigenvalue weighted by Gasteiger charge is 2.34. The predicted octanol–water partition coefficient (Wildman–Crippen LogP) is 2.40. The molecule has 2 atom stereocenters. The number of amides is 1. The summed E-state index contributed by atoms with van der Waals surface area (Å²) in [4.78, 5) is 23.6. The molecular formula is C21H25N3O7S. The average Bonchev–Trinajstić information content (AvgIpc) is 2.75. The number of benzene rings is 2. The molecule has 0 unspecified atom stereocenters. The Morgan fingerprint density at radius 1 is 1.28 bits per heavy atom. The number of nitrogens with one attached hydrogen (secondary N) is 1. The molecule has 10 nitrogen and oxygen atoms in total. The Morgan fingerprint density at radius 2 is 1.97 bits per heavy atom. The topological polar surface area (TPSA) is 128 Å². The van der Waals surface area contributed by atoms with Crippen LogP contribution in [-0.2, 0) is 14.8 Å². The lowest BCUT2D eigenvalue weighted by molar-refractivity contribution is -0.384. The number of nitro groups is 1. The maximum Gasteiger partial charge on any atom is 0.271 e. The van der Waals surface area contributed by atoms with Crippen molar-refractivity contribution in [1.82, 2.24) is 5.32 Å². The summed E-state index contributed by atoms with van der Waals surface area (Å²) in [7, 11) is -3.93. The number of aryl methyl sites for hydroxylation is 1. The van der Waals surface area contributed by atoms with E-state index in [0.29, 0.717) is 17.1 Å². The highest BCUT2D eigenvalue weighted by atomic mass is 32.2. The number of carbonyl (C=O) groups excluding carboxylic acids is 1. The number of anilines is 1. The van der Waals surface area contributed by atoms with Gasteiger partial charge in [0, 0.05) is 12.1 Å². The Kier molecular flexibility index (Phi) is 6.87. The van der Waals surface area contributed by atoms with E-state index < -0.39 is 33.0 Å². The SMILES string of the molecule is CC[C@@H](C(=O)NC[C@@H]1COc2ccccc2O1)N(c1cc([N+](=O)[O-])ccc1C)S(C)(=O)=O. The van der Waals surface area contributed by atoms with Crippen LogP contribution in [-0.4, -0.2) is 50.8 Å². The third-order valence-electron chi connectivity index (χ3n) is 5.04. The van der Waals surface area contributed by atoms with Crippen molar-refractivity contribution in [2.45, 2.75) is 32.4 Å². The van der Waals surface area contributed by atoms with Gasteiger partial charge in [0.1, 0.15) is 18.8 Å². The first-order valence-electron chi connectivity index (χ1n) is 10.0. The van der Waals surface area contributed by atoms with E-state index in [9.17, 15) is 23.3 Å². The summed E-state index contributed by atoms with van der Waals surface area (Å²) in [5.74, 6) is 0.646. The molecule has 1 amide bonds. The van der Waals surface area contributed by atoms with Gasteiger partial charge in [-0.25, -0.2) is 8.42 Å². The molecule has 3 rings (SSSR count). The van der Waals surface area contributed by atoms with Gasteiger partial charge in [-0.1, -0.05) is 25.1 Å². The van der Waals surface area contributed by atoms with Gasteiger partial charge in [-0.05, 0) is 31.0 Å². The van der Waals surface area contributed by atoms with Crippen molar-refractivity contribution in [3.05, 3.63) is 58.1 Å². The number of sulfonamides is 1. The van der Waals surface area contributed by atoms with Gasteiger partial charge >= 0.3 is 0 Å². The highest BCUT2D eigenvalue weighted by molar-refractivity contribution is 7.92. The van der Waals surface area contributed by atoms with Gasteiger partial charge in [0.05, 0.1) is 23.4 Å². The molecule has 1 N–H and O–H groups in total. The fourth-order valence-electron chi connectivity index (χ4n) is 3.48. The first-order chi connectivity index (χ1) is 15.1. The number of para-hydroxylation sites is 2. The zero-order valence-electron chi connectivity index (χ0n) is 18.0. The number of carbonyl (C=O) groups is 1. The number of non-ortho nitro benzene ring substituents is 1. The summed E-state index contributed by atoms with van der Waals surface area (Å²) >= 11 is 0. The first-order valence-corrected chi connectivity index (χ1v) is 11.9. The zero-order valence-corrected chi connectivity index (χ0v) is 18.8. The van der Waals surface area contributed by atoms with Crippen LogP contribution in [0.5, 0.6) is 11.5 Å². The number of rotatable bonds is 8. The van der Waals surface area contributed by atoms with E-state index in [0.717, 1.165) is 10.6 Å². The minimum Gasteiger partial charge on any atom is -0.486 e. The number of nitrogens with zero attached hydrogens (tertiary/aromatic N) is 2. The summed E-state index contributed by atoms with van der Waals surface area (Å²) in [6, 6.07) is 9.99. The van der Waals surface area contributed by atoms with E-state index in [4.69, 9.17) is 9.47 Å². The third kappa shape index (κ3) is 5.10. The molecule has 11 heteroatoms. The standard InChI is InChI=1S/C21H25N3O7S/c1-4-17(21(25)22-12-16-13-30-19-7-5-6-8-20(19)31-16)23(32(3,28)29)18-11-15(24(26)27)10-9-14(18)2/h5-11,16-17H,4,12-13H2,1-3H3,(H,22,25)/t16-,17+/m1/s1. The summed E-state index contributed by atoms with van der Waals surface area (Å²) in [5.41, 5.74) is 0.323. The smallest absolute Gasteiger partial charge is 0.271 e. The van der Waals surface area contributed by atoms with Gasteiger partial charge in [-0.15, -0.1) is 0 Å². The molecule has 0 saturated carbocycles. The number of hydrogen-bond donors (Lipinski definition) is 1. The van der Waals surface area contributed by atoms with Crippen LogP contribution in [0.15, 0.2) is 42.5 Å². The molecule has 0 fully saturated rings. The van der Waals surface area contributed by atoms with Gasteiger partial charge < -0.3 is 14.8 Å². The molecule has 0 aromatic heterocycles. The van der Waals surface area contributed by atoms with E-state index in [-0.39, 0.29) is 30.9 Å². The Labute approximate surface area is 186 Å². The molecule has 0 radical (unpaired) electrons. The molecule has 2 aromatic carbocycles. The fourth-order valence-corrected chi connectivity index (χ4v) is 4.74. The molecule has 0 saturated heterocycles. The second-order valence-corrected chi connectivity index (χ2v) is 9.31. The lowest BCUT2D eigenvalue weighted by Gasteiger charge is -2.32. The summed E-state index contributed by atoms with van der Waals surface area (Å²) in [6.07, 6.45) is 0.680. The minimum atomic E-state index is -3.93. The quantitative estimate of drug-likeness (QED) is 0.470. The van der Waals surface area contributed by atoms with E-state index >= 15 is 0 Å². The van der Waals surface area contributed by atoms with Gasteiger partial charge in [0.25, 0.3) is 5.69 Å². The lowest BCUT2D eigenvalue weighted by atomic mass is 10.1. The lowest BCUT2D eigenvalue weighted by Crippen LogP contribution is -2.51. The number of nitro benzene ring substituents is 1. The molecule has 32 heavy (non-hydrogen) atoms. The molecule has 1 heterocycles. The van der Waals surface area contributed by atoms with Crippen LogP contribution in [0, 0.1) is 17.0 Å². The van der Waals surface area contributed by atoms with Crippen LogP contribution < -0.4 is 19.1 Å². The van der Waals surface area contributed by atoms with E-state index in [1.165, 1.54) is 18.2 Å². The molecular weight excluding hydrogens is 438 g/mol. The minimum absolute atomic E-state index is 0.0925. The van der Waals surface area contributed by atoms with Crippen LogP contribution in [0.1, 0.15) is 18.9 Å². The average molecular weight is 464 g/mol. The largest absolute Gasteiger partial charge is 0.486 e. The molecule has 0 bridgehead atoms. The van der Waals surface area contributed by atoms with Crippen molar-refractivity contribution in [3.8, 4) is 11.5 Å². The second-order valence-electron chi connectivity index (χ2n) is 7.45. The fraction of sp³-hybridized carbons (Fsp3) is 0.381. The monoisotopic (exact) mass is 463 g/mol. The third-order valence-corrected chi connectivity index (χ3v) is 6.21. The van der Waals surface area contributed by atoms with E-state index in [1.54, 1.807) is 26.0 Å². The maximum atomic E-state index is 13.0. The molecule has 172 valence electrons. The molecule has 2 aromatic rings. The van der Waals surface area contributed by atoms with Crippen molar-refractivity contribution < 1.29 is 27.6 Å². The summed E-state index contributed by atoms with van der Waals surface area (Å²) < 4.78 is 37.7. The van der Waals surface area contributed by atoms with Crippen LogP contribution in [0.4, 0.5) is 11.4 Å². The van der Waals surface area contributed by atoms with Gasteiger partial charge in [0.15, 0.2) is 11.5 Å². The van der Waals surface area contributed by atoms with Crippen LogP contribution >= 0.6 is 0 Å². The van der Waals surface area contributed by atoms with Crippen LogP contribution in [0.25, 0.3) is 0 Å². The molecule has 1 aliphatic heterocycles. The molecule has 0 aliphatic carbocycles. The number of hydrogen-bond acceptors (Lipinski definition) is 7. The van der Waals surface area contributed by atoms with Crippen molar-refractivity contribution in [3.63, 3.8) is 0 Å². The zero-order chi connectivity index (χ0) is 23.5. The van der Waals surface area contributed by atoms with Crippen LogP contribution in [0.2, 0.25) is 0 Å². The van der Waals surface area contributed by atoms with Crippen LogP contribution in [0.3, 0.4) is 0 Å². The Balaban J connectivity index is 1.80. The molecule has 0 spiro atoms. The number of ether oxygens (including phenoxy) is 2. The van der Waals surface area contributed by atoms with Crippen molar-refractivity contribution >= 4 is 27.3 Å². The predicted molar refractivity (Wildman–Crippen MR) is 119 cm³/mol. The number of fused-ring (bicyclic) bond motifs is 1. The maximum absolute atomic E-state index is 13.0. The van der Waals surface area contributed by atoms with Gasteiger partial charge in [-0.2, -0.15) is 0 Å².